The van der Waals surface area contributed by atoms with Gasteiger partial charge in [-0.2, -0.15) is 0 Å². The average molecular weight is 227 g/mol. The van der Waals surface area contributed by atoms with Crippen molar-refractivity contribution in [2.75, 3.05) is 6.54 Å². The summed E-state index contributed by atoms with van der Waals surface area (Å²) in [6.45, 7) is 0.653. The van der Waals surface area contributed by atoms with Crippen molar-refractivity contribution in [3.63, 3.8) is 0 Å². The predicted octanol–water partition coefficient (Wildman–Crippen LogP) is 2.27. The zero-order valence-electron chi connectivity index (χ0n) is 9.71. The second-order valence-corrected chi connectivity index (χ2v) is 4.09. The summed E-state index contributed by atoms with van der Waals surface area (Å²) >= 11 is 0. The minimum atomic E-state index is -0.553. The van der Waals surface area contributed by atoms with Gasteiger partial charge in [0, 0.05) is 0 Å². The van der Waals surface area contributed by atoms with Crippen LogP contribution in [0, 0.1) is 0 Å². The van der Waals surface area contributed by atoms with Crippen molar-refractivity contribution in [3.8, 4) is 0 Å². The molecule has 0 bridgehead atoms. The standard InChI is InChI=1S/C15H17NO/c16-11-10-12-6-8-14(9-7-12)15(17)13-4-2-1-3-5-13/h1-9,15,17H,10-11,16H2. The molecule has 2 heteroatoms. The van der Waals surface area contributed by atoms with E-state index in [1.807, 2.05) is 54.6 Å². The van der Waals surface area contributed by atoms with Crippen molar-refractivity contribution in [2.24, 2.45) is 5.73 Å². The maximum atomic E-state index is 10.2. The van der Waals surface area contributed by atoms with Gasteiger partial charge in [0.2, 0.25) is 0 Å². The number of aliphatic hydroxyl groups is 1. The summed E-state index contributed by atoms with van der Waals surface area (Å²) < 4.78 is 0. The van der Waals surface area contributed by atoms with Crippen LogP contribution in [0.25, 0.3) is 0 Å². The third-order valence-electron chi connectivity index (χ3n) is 2.84. The van der Waals surface area contributed by atoms with Crippen LogP contribution in [0.3, 0.4) is 0 Å². The lowest BCUT2D eigenvalue weighted by molar-refractivity contribution is 0.220. The van der Waals surface area contributed by atoms with Crippen LogP contribution < -0.4 is 5.73 Å². The Kier molecular flexibility index (Phi) is 3.91. The predicted molar refractivity (Wildman–Crippen MR) is 69.7 cm³/mol. The van der Waals surface area contributed by atoms with Gasteiger partial charge in [-0.25, -0.2) is 0 Å². The van der Waals surface area contributed by atoms with E-state index in [1.54, 1.807) is 0 Å². The van der Waals surface area contributed by atoms with Gasteiger partial charge in [-0.1, -0.05) is 54.6 Å². The van der Waals surface area contributed by atoms with Crippen molar-refractivity contribution in [3.05, 3.63) is 71.3 Å². The Morgan fingerprint density at radius 3 is 2.06 bits per heavy atom. The molecular formula is C15H17NO. The highest BCUT2D eigenvalue weighted by Crippen LogP contribution is 2.21. The topological polar surface area (TPSA) is 46.2 Å². The maximum Gasteiger partial charge on any atom is 0.104 e. The van der Waals surface area contributed by atoms with Crippen LogP contribution in [-0.2, 0) is 6.42 Å². The van der Waals surface area contributed by atoms with Crippen molar-refractivity contribution in [1.29, 1.82) is 0 Å². The Hall–Kier alpha value is -1.64. The molecule has 1 atom stereocenters. The quantitative estimate of drug-likeness (QED) is 0.841. The molecule has 0 spiro atoms. The van der Waals surface area contributed by atoms with Gasteiger partial charge in [-0.15, -0.1) is 0 Å². The third-order valence-corrected chi connectivity index (χ3v) is 2.84. The largest absolute Gasteiger partial charge is 0.384 e. The Morgan fingerprint density at radius 2 is 1.47 bits per heavy atom. The van der Waals surface area contributed by atoms with E-state index in [1.165, 1.54) is 5.56 Å². The van der Waals surface area contributed by atoms with E-state index in [4.69, 9.17) is 5.73 Å². The van der Waals surface area contributed by atoms with Gasteiger partial charge in [0.1, 0.15) is 6.10 Å². The smallest absolute Gasteiger partial charge is 0.104 e. The highest BCUT2D eigenvalue weighted by Gasteiger charge is 2.09. The minimum absolute atomic E-state index is 0.553. The van der Waals surface area contributed by atoms with Crippen LogP contribution >= 0.6 is 0 Å². The first-order valence-corrected chi connectivity index (χ1v) is 5.83. The summed E-state index contributed by atoms with van der Waals surface area (Å²) in [5, 5.41) is 10.2. The van der Waals surface area contributed by atoms with Crippen LogP contribution in [0.4, 0.5) is 0 Å². The molecule has 17 heavy (non-hydrogen) atoms. The lowest BCUT2D eigenvalue weighted by Crippen LogP contribution is -2.03. The van der Waals surface area contributed by atoms with Gasteiger partial charge in [0.15, 0.2) is 0 Å². The average Bonchev–Trinajstić information content (AvgIpc) is 2.40. The molecule has 2 rings (SSSR count). The summed E-state index contributed by atoms with van der Waals surface area (Å²) in [5.41, 5.74) is 8.53. The van der Waals surface area contributed by atoms with E-state index in [2.05, 4.69) is 0 Å². The van der Waals surface area contributed by atoms with E-state index in [-0.39, 0.29) is 0 Å². The van der Waals surface area contributed by atoms with Crippen molar-refractivity contribution in [2.45, 2.75) is 12.5 Å². The van der Waals surface area contributed by atoms with Gasteiger partial charge in [0.05, 0.1) is 0 Å². The summed E-state index contributed by atoms with van der Waals surface area (Å²) in [5.74, 6) is 0. The Bertz CT molecular complexity index is 450. The molecule has 0 fully saturated rings. The first-order valence-electron chi connectivity index (χ1n) is 5.83. The Morgan fingerprint density at radius 1 is 0.882 bits per heavy atom. The highest BCUT2D eigenvalue weighted by atomic mass is 16.3. The second-order valence-electron chi connectivity index (χ2n) is 4.09. The molecule has 1 unspecified atom stereocenters. The highest BCUT2D eigenvalue weighted by molar-refractivity contribution is 5.31. The molecule has 2 nitrogen and oxygen atoms in total. The number of rotatable bonds is 4. The van der Waals surface area contributed by atoms with Gasteiger partial charge in [0.25, 0.3) is 0 Å². The number of aliphatic hydroxyl groups excluding tert-OH is 1. The monoisotopic (exact) mass is 227 g/mol. The summed E-state index contributed by atoms with van der Waals surface area (Å²) in [6.07, 6.45) is 0.324. The SMILES string of the molecule is NCCc1ccc(C(O)c2ccccc2)cc1. The number of benzene rings is 2. The summed E-state index contributed by atoms with van der Waals surface area (Å²) in [6, 6.07) is 17.6. The molecular weight excluding hydrogens is 210 g/mol. The van der Waals surface area contributed by atoms with Crippen molar-refractivity contribution in [1.82, 2.24) is 0 Å². The third kappa shape index (κ3) is 2.93. The van der Waals surface area contributed by atoms with E-state index in [0.717, 1.165) is 17.5 Å². The Labute approximate surface area is 102 Å². The molecule has 0 aromatic heterocycles. The van der Waals surface area contributed by atoms with E-state index >= 15 is 0 Å². The minimum Gasteiger partial charge on any atom is -0.384 e. The van der Waals surface area contributed by atoms with Crippen molar-refractivity contribution >= 4 is 0 Å². The summed E-state index contributed by atoms with van der Waals surface area (Å²) in [7, 11) is 0. The fraction of sp³-hybridized carbons (Fsp3) is 0.200. The molecule has 0 radical (unpaired) electrons. The Balaban J connectivity index is 2.17. The molecule has 3 N–H and O–H groups in total. The first-order chi connectivity index (χ1) is 8.31. The zero-order valence-corrected chi connectivity index (χ0v) is 9.71. The van der Waals surface area contributed by atoms with Crippen LogP contribution in [0.2, 0.25) is 0 Å². The van der Waals surface area contributed by atoms with Crippen molar-refractivity contribution < 1.29 is 5.11 Å². The normalized spacial score (nSPS) is 12.4. The van der Waals surface area contributed by atoms with E-state index in [0.29, 0.717) is 6.54 Å². The molecule has 88 valence electrons. The molecule has 2 aromatic rings. The molecule has 0 aliphatic heterocycles. The number of hydrogen-bond acceptors (Lipinski definition) is 2. The van der Waals surface area contributed by atoms with Crippen LogP contribution in [0.5, 0.6) is 0 Å². The van der Waals surface area contributed by atoms with Crippen LogP contribution in [-0.4, -0.2) is 11.7 Å². The van der Waals surface area contributed by atoms with E-state index in [9.17, 15) is 5.11 Å². The van der Waals surface area contributed by atoms with Gasteiger partial charge in [-0.3, -0.25) is 0 Å². The zero-order chi connectivity index (χ0) is 12.1. The lowest BCUT2D eigenvalue weighted by Gasteiger charge is -2.11. The molecule has 0 aliphatic carbocycles. The molecule has 0 amide bonds. The lowest BCUT2D eigenvalue weighted by atomic mass is 10.00. The van der Waals surface area contributed by atoms with E-state index < -0.39 is 6.10 Å². The fourth-order valence-corrected chi connectivity index (χ4v) is 1.86. The molecule has 0 aliphatic rings. The first kappa shape index (κ1) is 11.8. The van der Waals surface area contributed by atoms with Crippen LogP contribution in [0.1, 0.15) is 22.8 Å². The number of nitrogens with two attached hydrogens (primary N) is 1. The molecule has 0 heterocycles. The van der Waals surface area contributed by atoms with Gasteiger partial charge < -0.3 is 10.8 Å². The summed E-state index contributed by atoms with van der Waals surface area (Å²) in [4.78, 5) is 0. The molecule has 0 saturated heterocycles. The fourth-order valence-electron chi connectivity index (χ4n) is 1.86. The van der Waals surface area contributed by atoms with Crippen LogP contribution in [0.15, 0.2) is 54.6 Å². The second kappa shape index (κ2) is 5.62. The maximum absolute atomic E-state index is 10.2. The molecule has 2 aromatic carbocycles. The van der Waals surface area contributed by atoms with Gasteiger partial charge >= 0.3 is 0 Å². The molecule has 0 saturated carbocycles. The number of hydrogen-bond donors (Lipinski definition) is 2. The van der Waals surface area contributed by atoms with Gasteiger partial charge in [-0.05, 0) is 29.7 Å².